The van der Waals surface area contributed by atoms with Crippen LogP contribution in [0.1, 0.15) is 71.1 Å². The van der Waals surface area contributed by atoms with Crippen LogP contribution in [0.2, 0.25) is 0 Å². The van der Waals surface area contributed by atoms with Crippen molar-refractivity contribution >= 4 is 20.2 Å². The van der Waals surface area contributed by atoms with Gasteiger partial charge in [-0.05, 0) is 6.42 Å². The molecule has 0 aliphatic heterocycles. The maximum atomic E-state index is 11.3. The van der Waals surface area contributed by atoms with Crippen LogP contribution in [0.5, 0.6) is 0 Å². The molecule has 122 valence electrons. The highest BCUT2D eigenvalue weighted by atomic mass is 32.3. The maximum absolute atomic E-state index is 11.3. The molecule has 0 aromatic rings. The van der Waals surface area contributed by atoms with Crippen LogP contribution in [0.15, 0.2) is 0 Å². The van der Waals surface area contributed by atoms with E-state index < -0.39 is 20.2 Å². The first-order chi connectivity index (χ1) is 9.27. The minimum Gasteiger partial charge on any atom is -0.215 e. The van der Waals surface area contributed by atoms with Crippen LogP contribution in [-0.4, -0.2) is 22.6 Å². The first kappa shape index (κ1) is 19.8. The molecule has 0 atom stereocenters. The highest BCUT2D eigenvalue weighted by Gasteiger charge is 2.15. The average molecular weight is 329 g/mol. The number of unbranched alkanes of at least 4 members (excludes halogenated alkanes) is 9. The third kappa shape index (κ3) is 14.2. The SMILES string of the molecule is CCCCCCCCCCCCS(=O)(=O)NS(N)(=O)=O. The first-order valence-corrected chi connectivity index (χ1v) is 10.5. The van der Waals surface area contributed by atoms with Gasteiger partial charge < -0.3 is 0 Å². The molecule has 0 rings (SSSR count). The Morgan fingerprint density at radius 3 is 1.55 bits per heavy atom. The van der Waals surface area contributed by atoms with E-state index in [0.717, 1.165) is 19.3 Å². The number of rotatable bonds is 13. The zero-order valence-corrected chi connectivity index (χ0v) is 13.9. The Morgan fingerprint density at radius 2 is 1.15 bits per heavy atom. The smallest absolute Gasteiger partial charge is 0.215 e. The first-order valence-electron chi connectivity index (χ1n) is 7.31. The van der Waals surface area contributed by atoms with Gasteiger partial charge in [-0.1, -0.05) is 68.8 Å². The maximum Gasteiger partial charge on any atom is 0.287 e. The summed E-state index contributed by atoms with van der Waals surface area (Å²) in [6, 6.07) is 0. The van der Waals surface area contributed by atoms with E-state index in [9.17, 15) is 16.8 Å². The Labute approximate surface area is 123 Å². The molecule has 0 aromatic carbocycles. The lowest BCUT2D eigenvalue weighted by atomic mass is 10.1. The molecule has 0 aliphatic rings. The molecule has 0 bridgehead atoms. The van der Waals surface area contributed by atoms with Crippen LogP contribution < -0.4 is 9.27 Å². The molecule has 0 aliphatic carbocycles. The Bertz CT molecular complexity index is 432. The molecule has 0 radical (unpaired) electrons. The van der Waals surface area contributed by atoms with E-state index in [1.807, 2.05) is 0 Å². The summed E-state index contributed by atoms with van der Waals surface area (Å²) in [5.74, 6) is -0.195. The topological polar surface area (TPSA) is 106 Å². The zero-order valence-electron chi connectivity index (χ0n) is 12.3. The van der Waals surface area contributed by atoms with Gasteiger partial charge in [0.2, 0.25) is 10.0 Å². The summed E-state index contributed by atoms with van der Waals surface area (Å²) in [6.45, 7) is 2.19. The molecule has 0 amide bonds. The summed E-state index contributed by atoms with van der Waals surface area (Å²) < 4.78 is 45.3. The number of sulfonamides is 1. The van der Waals surface area contributed by atoms with Crippen LogP contribution in [-0.2, 0) is 20.2 Å². The molecule has 0 heterocycles. The molecule has 0 fully saturated rings. The summed E-state index contributed by atoms with van der Waals surface area (Å²) in [7, 11) is -7.99. The molecule has 0 spiro atoms. The molecular formula is C12H28N2O4S2. The van der Waals surface area contributed by atoms with Crippen molar-refractivity contribution in [2.75, 3.05) is 5.75 Å². The van der Waals surface area contributed by atoms with Gasteiger partial charge in [-0.2, -0.15) is 8.42 Å². The number of hydrogen-bond donors (Lipinski definition) is 2. The van der Waals surface area contributed by atoms with Gasteiger partial charge >= 0.3 is 0 Å². The van der Waals surface area contributed by atoms with Gasteiger partial charge in [-0.25, -0.2) is 13.6 Å². The van der Waals surface area contributed by atoms with Gasteiger partial charge in [0.05, 0.1) is 5.75 Å². The fraction of sp³-hybridized carbons (Fsp3) is 1.00. The number of hydrogen-bond acceptors (Lipinski definition) is 4. The van der Waals surface area contributed by atoms with Gasteiger partial charge in [0.25, 0.3) is 10.2 Å². The zero-order chi connectivity index (χ0) is 15.5. The van der Waals surface area contributed by atoms with Crippen molar-refractivity contribution in [3.8, 4) is 0 Å². The predicted octanol–water partition coefficient (Wildman–Crippen LogP) is 2.03. The lowest BCUT2D eigenvalue weighted by Gasteiger charge is -2.04. The van der Waals surface area contributed by atoms with Crippen LogP contribution in [0.3, 0.4) is 0 Å². The van der Waals surface area contributed by atoms with Crippen molar-refractivity contribution in [3.63, 3.8) is 0 Å². The third-order valence-electron chi connectivity index (χ3n) is 3.01. The highest BCUT2D eigenvalue weighted by Crippen LogP contribution is 2.10. The van der Waals surface area contributed by atoms with Crippen molar-refractivity contribution in [2.45, 2.75) is 71.1 Å². The number of nitrogens with one attached hydrogen (secondary N) is 1. The molecule has 8 heteroatoms. The van der Waals surface area contributed by atoms with Crippen molar-refractivity contribution in [1.82, 2.24) is 4.13 Å². The largest absolute Gasteiger partial charge is 0.287 e. The van der Waals surface area contributed by atoms with E-state index in [0.29, 0.717) is 6.42 Å². The van der Waals surface area contributed by atoms with Crippen LogP contribution in [0.25, 0.3) is 0 Å². The van der Waals surface area contributed by atoms with Crippen LogP contribution in [0, 0.1) is 0 Å². The van der Waals surface area contributed by atoms with Gasteiger partial charge in [0, 0.05) is 0 Å². The Balaban J connectivity index is 3.49. The molecule has 0 saturated carbocycles. The normalized spacial score (nSPS) is 12.7. The third-order valence-corrected chi connectivity index (χ3v) is 5.78. The molecule has 0 saturated heterocycles. The van der Waals surface area contributed by atoms with Gasteiger partial charge in [-0.15, -0.1) is 0 Å². The summed E-state index contributed by atoms with van der Waals surface area (Å²) in [4.78, 5) is 0. The minimum absolute atomic E-state index is 0.195. The lowest BCUT2D eigenvalue weighted by molar-refractivity contribution is 0.556. The summed E-state index contributed by atoms with van der Waals surface area (Å²) >= 11 is 0. The molecule has 20 heavy (non-hydrogen) atoms. The van der Waals surface area contributed by atoms with Crippen molar-refractivity contribution < 1.29 is 16.8 Å². The van der Waals surface area contributed by atoms with E-state index in [1.54, 1.807) is 0 Å². The second-order valence-corrected chi connectivity index (χ2v) is 8.52. The van der Waals surface area contributed by atoms with Crippen LogP contribution >= 0.6 is 0 Å². The van der Waals surface area contributed by atoms with E-state index in [2.05, 4.69) is 12.1 Å². The minimum atomic E-state index is -4.18. The van der Waals surface area contributed by atoms with Crippen LogP contribution in [0.4, 0.5) is 0 Å². The average Bonchev–Trinajstić information content (AvgIpc) is 2.28. The second kappa shape index (κ2) is 10.5. The van der Waals surface area contributed by atoms with E-state index in [1.165, 1.54) is 42.7 Å². The summed E-state index contributed by atoms with van der Waals surface area (Å²) in [5, 5.41) is 4.62. The Hall–Kier alpha value is -0.180. The van der Waals surface area contributed by atoms with E-state index in [4.69, 9.17) is 0 Å². The second-order valence-electron chi connectivity index (χ2n) is 5.13. The predicted molar refractivity (Wildman–Crippen MR) is 81.9 cm³/mol. The van der Waals surface area contributed by atoms with E-state index in [-0.39, 0.29) is 5.75 Å². The van der Waals surface area contributed by atoms with Gasteiger partial charge in [-0.3, -0.25) is 0 Å². The Morgan fingerprint density at radius 1 is 0.750 bits per heavy atom. The highest BCUT2D eigenvalue weighted by molar-refractivity contribution is 8.03. The summed E-state index contributed by atoms with van der Waals surface area (Å²) in [6.07, 6.45) is 10.9. The molecule has 6 nitrogen and oxygen atoms in total. The van der Waals surface area contributed by atoms with Crippen molar-refractivity contribution in [1.29, 1.82) is 0 Å². The lowest BCUT2D eigenvalue weighted by Crippen LogP contribution is -2.37. The Kier molecular flexibility index (Phi) is 10.4. The quantitative estimate of drug-likeness (QED) is 0.504. The molecule has 3 N–H and O–H groups in total. The number of nitrogens with two attached hydrogens (primary N) is 1. The standard InChI is InChI=1S/C12H28N2O4S2/c1-2-3-4-5-6-7-8-9-10-11-12-19(15,16)14-20(13,17)18/h14H,2-12H2,1H3,(H2,13,17,18). The van der Waals surface area contributed by atoms with Crippen molar-refractivity contribution in [3.05, 3.63) is 0 Å². The fourth-order valence-corrected chi connectivity index (χ4v) is 4.33. The van der Waals surface area contributed by atoms with E-state index >= 15 is 0 Å². The fourth-order valence-electron chi connectivity index (χ4n) is 2.00. The van der Waals surface area contributed by atoms with Crippen molar-refractivity contribution in [2.24, 2.45) is 5.14 Å². The summed E-state index contributed by atoms with van der Waals surface area (Å²) in [5.41, 5.74) is 0. The van der Waals surface area contributed by atoms with Gasteiger partial charge in [0.15, 0.2) is 0 Å². The monoisotopic (exact) mass is 328 g/mol. The molecule has 0 aromatic heterocycles. The van der Waals surface area contributed by atoms with Gasteiger partial charge in [0.1, 0.15) is 0 Å². The molecule has 0 unspecified atom stereocenters. The molecular weight excluding hydrogens is 300 g/mol.